The van der Waals surface area contributed by atoms with E-state index < -0.39 is 11.6 Å². The molecule has 0 saturated carbocycles. The van der Waals surface area contributed by atoms with E-state index in [-0.39, 0.29) is 48.9 Å². The normalized spacial score (nSPS) is 15.1. The average Bonchev–Trinajstić information content (AvgIpc) is 3.29. The molecule has 5 rings (SSSR count). The van der Waals surface area contributed by atoms with Gasteiger partial charge in [0.2, 0.25) is 0 Å². The van der Waals surface area contributed by atoms with E-state index in [0.717, 1.165) is 16.9 Å². The first-order valence-electron chi connectivity index (χ1n) is 11.3. The Morgan fingerprint density at radius 3 is 1.50 bits per heavy atom. The molecule has 0 fully saturated rings. The highest BCUT2D eigenvalue weighted by Gasteiger charge is 2.41. The van der Waals surface area contributed by atoms with Gasteiger partial charge < -0.3 is 9.80 Å². The van der Waals surface area contributed by atoms with Crippen LogP contribution in [0.5, 0.6) is 0 Å². The third-order valence-electron chi connectivity index (χ3n) is 6.13. The molecule has 0 saturated heterocycles. The van der Waals surface area contributed by atoms with Crippen molar-refractivity contribution in [2.24, 2.45) is 0 Å². The molecule has 10 heteroatoms. The van der Waals surface area contributed by atoms with E-state index in [4.69, 9.17) is 56.4 Å². The number of para-hydroxylation sites is 2. The topological polar surface area (TPSA) is 66.4 Å². The number of hydrogen-bond acceptors (Lipinski definition) is 6. The number of aromatic nitrogens is 2. The zero-order valence-corrected chi connectivity index (χ0v) is 22.8. The van der Waals surface area contributed by atoms with Crippen LogP contribution in [0.1, 0.15) is 48.4 Å². The maximum atomic E-state index is 13.2. The lowest BCUT2D eigenvalue weighted by molar-refractivity contribution is 0.0989. The van der Waals surface area contributed by atoms with Gasteiger partial charge in [-0.15, -0.1) is 0 Å². The van der Waals surface area contributed by atoms with Gasteiger partial charge in [0.15, 0.2) is 23.2 Å². The van der Waals surface area contributed by atoms with Crippen molar-refractivity contribution in [1.82, 2.24) is 9.97 Å². The number of carbonyl (C=O) groups is 2. The van der Waals surface area contributed by atoms with Crippen molar-refractivity contribution in [2.75, 3.05) is 9.80 Å². The van der Waals surface area contributed by atoms with Crippen molar-refractivity contribution in [2.45, 2.75) is 39.8 Å². The minimum Gasteiger partial charge on any atom is -0.307 e. The summed E-state index contributed by atoms with van der Waals surface area (Å²) in [4.78, 5) is 40.3. The minimum atomic E-state index is -0.554. The summed E-state index contributed by atoms with van der Waals surface area (Å²) in [6, 6.07) is 7.71. The smallest absolute Gasteiger partial charge is 0.199 e. The largest absolute Gasteiger partial charge is 0.307 e. The Kier molecular flexibility index (Phi) is 6.28. The summed E-state index contributed by atoms with van der Waals surface area (Å²) in [5.41, 5.74) is 1.42. The van der Waals surface area contributed by atoms with Gasteiger partial charge in [-0.3, -0.25) is 9.59 Å². The maximum absolute atomic E-state index is 13.2. The Labute approximate surface area is 228 Å². The fourth-order valence-electron chi connectivity index (χ4n) is 4.56. The van der Waals surface area contributed by atoms with E-state index >= 15 is 0 Å². The lowest BCUT2D eigenvalue weighted by Gasteiger charge is -2.29. The summed E-state index contributed by atoms with van der Waals surface area (Å²) in [7, 11) is 0. The summed E-state index contributed by atoms with van der Waals surface area (Å²) in [6.45, 7) is 8.15. The quantitative estimate of drug-likeness (QED) is 0.142. The molecule has 0 radical (unpaired) electrons. The zero-order chi connectivity index (χ0) is 26.0. The van der Waals surface area contributed by atoms with Crippen molar-refractivity contribution in [1.29, 1.82) is 0 Å². The van der Waals surface area contributed by atoms with Gasteiger partial charge in [0.05, 0.1) is 47.8 Å². The van der Waals surface area contributed by atoms with Crippen LogP contribution in [0.2, 0.25) is 20.1 Å². The average molecular weight is 562 g/mol. The van der Waals surface area contributed by atoms with Gasteiger partial charge >= 0.3 is 0 Å². The second-order valence-electron chi connectivity index (χ2n) is 9.06. The van der Waals surface area contributed by atoms with Gasteiger partial charge in [-0.1, -0.05) is 58.5 Å². The molecule has 6 nitrogen and oxygen atoms in total. The SMILES string of the molecule is CC(C)N1C(=CC=C2C(=O)c3c(Cl)c(Cl)c(Cl)c(Cl)c3C2=O)N(C(C)C)c2nc3ccccc3nc21. The fourth-order valence-corrected chi connectivity index (χ4v) is 5.58. The van der Waals surface area contributed by atoms with Crippen LogP contribution >= 0.6 is 46.4 Å². The van der Waals surface area contributed by atoms with Crippen LogP contribution in [0.4, 0.5) is 11.6 Å². The molecule has 2 aromatic carbocycles. The molecule has 1 aromatic heterocycles. The monoisotopic (exact) mass is 560 g/mol. The van der Waals surface area contributed by atoms with E-state index in [0.29, 0.717) is 11.6 Å². The van der Waals surface area contributed by atoms with Gasteiger partial charge in [0.25, 0.3) is 0 Å². The molecule has 2 aliphatic rings. The molecule has 0 bridgehead atoms. The molecule has 3 aromatic rings. The first kappa shape index (κ1) is 25.0. The molecule has 1 aliphatic heterocycles. The predicted molar refractivity (Wildman–Crippen MR) is 146 cm³/mol. The number of hydrogen-bond donors (Lipinski definition) is 0. The molecule has 0 spiro atoms. The maximum Gasteiger partial charge on any atom is 0.199 e. The highest BCUT2D eigenvalue weighted by Crippen LogP contribution is 2.46. The predicted octanol–water partition coefficient (Wildman–Crippen LogP) is 7.53. The second kappa shape index (κ2) is 9.03. The van der Waals surface area contributed by atoms with Crippen molar-refractivity contribution >= 4 is 80.6 Å². The number of halogens is 4. The highest BCUT2D eigenvalue weighted by molar-refractivity contribution is 6.57. The van der Waals surface area contributed by atoms with Gasteiger partial charge in [0.1, 0.15) is 5.82 Å². The third-order valence-corrected chi connectivity index (χ3v) is 7.93. The van der Waals surface area contributed by atoms with Crippen molar-refractivity contribution in [3.8, 4) is 0 Å². The van der Waals surface area contributed by atoms with Gasteiger partial charge in [-0.25, -0.2) is 9.97 Å². The summed E-state index contributed by atoms with van der Waals surface area (Å²) >= 11 is 24.9. The molecular formula is C26H20Cl4N4O2. The van der Waals surface area contributed by atoms with Crippen LogP contribution in [0, 0.1) is 0 Å². The number of ketones is 2. The molecule has 0 N–H and O–H groups in total. The Balaban J connectivity index is 1.68. The number of fused-ring (bicyclic) bond motifs is 3. The summed E-state index contributed by atoms with van der Waals surface area (Å²) in [6.07, 6.45) is 3.22. The van der Waals surface area contributed by atoms with E-state index in [2.05, 4.69) is 0 Å². The van der Waals surface area contributed by atoms with Crippen LogP contribution in [-0.2, 0) is 0 Å². The summed E-state index contributed by atoms with van der Waals surface area (Å²) < 4.78 is 0. The molecule has 36 heavy (non-hydrogen) atoms. The number of rotatable bonds is 3. The number of Topliss-reactive ketones (excluding diaryl/α,β-unsaturated/α-hetero) is 2. The van der Waals surface area contributed by atoms with E-state index in [9.17, 15) is 9.59 Å². The van der Waals surface area contributed by atoms with Gasteiger partial charge in [-0.05, 0) is 52.0 Å². The Morgan fingerprint density at radius 2 is 1.11 bits per heavy atom. The summed E-state index contributed by atoms with van der Waals surface area (Å²) in [5.74, 6) is 1.05. The fraction of sp³-hybridized carbons (Fsp3) is 0.231. The molecule has 0 atom stereocenters. The van der Waals surface area contributed by atoms with E-state index in [1.807, 2.05) is 61.8 Å². The Hall–Kier alpha value is -2.64. The first-order chi connectivity index (χ1) is 17.0. The van der Waals surface area contributed by atoms with Crippen LogP contribution < -0.4 is 9.80 Å². The molecule has 1 aliphatic carbocycles. The van der Waals surface area contributed by atoms with Gasteiger partial charge in [0, 0.05) is 12.1 Å². The Morgan fingerprint density at radius 1 is 0.694 bits per heavy atom. The van der Waals surface area contributed by atoms with E-state index in [1.165, 1.54) is 6.08 Å². The lowest BCUT2D eigenvalue weighted by atomic mass is 10.1. The number of allylic oxidation sites excluding steroid dienone is 3. The van der Waals surface area contributed by atoms with Crippen molar-refractivity contribution in [3.05, 3.63) is 79.0 Å². The number of benzene rings is 2. The zero-order valence-electron chi connectivity index (χ0n) is 19.7. The number of anilines is 2. The third kappa shape index (κ3) is 3.62. The van der Waals surface area contributed by atoms with Crippen LogP contribution in [0.3, 0.4) is 0 Å². The van der Waals surface area contributed by atoms with Crippen LogP contribution in [-0.4, -0.2) is 33.6 Å². The standard InChI is InChI=1S/C26H20Cl4N4O2/c1-11(2)33-16(34(12(3)4)26-25(33)31-14-7-5-6-8-15(14)32-26)10-9-13-23(35)17-18(24(13)36)20(28)22(30)21(29)19(17)27/h5-12H,1-4H3. The molecular weight excluding hydrogens is 542 g/mol. The van der Waals surface area contributed by atoms with Gasteiger partial charge in [-0.2, -0.15) is 0 Å². The second-order valence-corrected chi connectivity index (χ2v) is 10.6. The van der Waals surface area contributed by atoms with Crippen LogP contribution in [0.15, 0.2) is 47.8 Å². The van der Waals surface area contributed by atoms with Crippen molar-refractivity contribution in [3.63, 3.8) is 0 Å². The number of carbonyl (C=O) groups excluding carboxylic acids is 2. The molecule has 0 unspecified atom stereocenters. The molecule has 2 heterocycles. The van der Waals surface area contributed by atoms with Crippen LogP contribution in [0.25, 0.3) is 11.0 Å². The summed E-state index contributed by atoms with van der Waals surface area (Å²) in [5, 5.41) is -0.293. The highest BCUT2D eigenvalue weighted by atomic mass is 35.5. The number of nitrogens with zero attached hydrogens (tertiary/aromatic N) is 4. The Bertz CT molecular complexity index is 1440. The first-order valence-corrected chi connectivity index (χ1v) is 12.8. The molecule has 0 amide bonds. The molecule has 184 valence electrons. The lowest BCUT2D eigenvalue weighted by Crippen LogP contribution is -2.36. The van der Waals surface area contributed by atoms with E-state index in [1.54, 1.807) is 6.08 Å². The van der Waals surface area contributed by atoms with Crippen molar-refractivity contribution < 1.29 is 9.59 Å². The minimum absolute atomic E-state index is 0.0151.